The van der Waals surface area contributed by atoms with Crippen LogP contribution in [0.25, 0.3) is 0 Å². The van der Waals surface area contributed by atoms with E-state index < -0.39 is 0 Å². The lowest BCUT2D eigenvalue weighted by atomic mass is 9.83. The molecule has 2 unspecified atom stereocenters. The van der Waals surface area contributed by atoms with Gasteiger partial charge in [-0.1, -0.05) is 18.2 Å². The van der Waals surface area contributed by atoms with Crippen LogP contribution in [-0.2, 0) is 4.79 Å². The minimum absolute atomic E-state index is 0.119. The summed E-state index contributed by atoms with van der Waals surface area (Å²) in [5.74, 6) is 0.965. The van der Waals surface area contributed by atoms with Gasteiger partial charge in [0, 0.05) is 6.42 Å². The Kier molecular flexibility index (Phi) is 1.28. The van der Waals surface area contributed by atoms with Crippen LogP contribution in [0.5, 0.6) is 0 Å². The number of hydrogen-bond acceptors (Lipinski definition) is 1. The Morgan fingerprint density at radius 3 is 3.09 bits per heavy atom. The number of ketones is 1. The minimum atomic E-state index is -0.119. The van der Waals surface area contributed by atoms with Crippen molar-refractivity contribution >= 4 is 5.78 Å². The van der Waals surface area contributed by atoms with Gasteiger partial charge in [-0.2, -0.15) is 0 Å². The molecule has 0 aromatic carbocycles. The van der Waals surface area contributed by atoms with E-state index in [4.69, 9.17) is 0 Å². The summed E-state index contributed by atoms with van der Waals surface area (Å²) in [7, 11) is 0. The lowest BCUT2D eigenvalue weighted by Crippen LogP contribution is -2.21. The van der Waals surface area contributed by atoms with Crippen LogP contribution in [0.3, 0.4) is 0 Å². The number of Topliss-reactive ketones (excluding diaryl/α,β-unsaturated/α-hetero) is 1. The van der Waals surface area contributed by atoms with Gasteiger partial charge in [0.1, 0.15) is 5.78 Å². The first kappa shape index (κ1) is 6.84. The normalized spacial score (nSPS) is 40.0. The third kappa shape index (κ3) is 0.802. The molecule has 0 radical (unpaired) electrons. The topological polar surface area (TPSA) is 17.1 Å². The summed E-state index contributed by atoms with van der Waals surface area (Å²) in [6, 6.07) is 0. The summed E-state index contributed by atoms with van der Waals surface area (Å²) < 4.78 is 0. The molecule has 0 aromatic rings. The maximum absolute atomic E-state index is 11.4. The zero-order valence-electron chi connectivity index (χ0n) is 6.55. The van der Waals surface area contributed by atoms with Crippen molar-refractivity contribution in [1.82, 2.24) is 0 Å². The Bertz CT molecular complexity index is 239. The van der Waals surface area contributed by atoms with Gasteiger partial charge in [0.05, 0.1) is 5.41 Å². The van der Waals surface area contributed by atoms with Gasteiger partial charge in [-0.15, -0.1) is 6.58 Å². The summed E-state index contributed by atoms with van der Waals surface area (Å²) >= 11 is 0. The largest absolute Gasteiger partial charge is 0.299 e. The van der Waals surface area contributed by atoms with Crippen molar-refractivity contribution in [2.45, 2.75) is 19.3 Å². The fourth-order valence-corrected chi connectivity index (χ4v) is 2.24. The van der Waals surface area contributed by atoms with Crippen LogP contribution < -0.4 is 0 Å². The van der Waals surface area contributed by atoms with Gasteiger partial charge in [0.2, 0.25) is 0 Å². The predicted octanol–water partition coefficient (Wildman–Crippen LogP) is 2.10. The van der Waals surface area contributed by atoms with E-state index in [0.717, 1.165) is 19.3 Å². The number of carbonyl (C=O) groups excluding carboxylic acids is 1. The molecule has 1 heteroatoms. The molecule has 0 spiro atoms. The highest BCUT2D eigenvalue weighted by Crippen LogP contribution is 2.48. The van der Waals surface area contributed by atoms with E-state index >= 15 is 0 Å². The Labute approximate surface area is 66.8 Å². The van der Waals surface area contributed by atoms with Gasteiger partial charge in [-0.3, -0.25) is 4.79 Å². The summed E-state index contributed by atoms with van der Waals surface area (Å²) in [5.41, 5.74) is -0.119. The minimum Gasteiger partial charge on any atom is -0.299 e. The van der Waals surface area contributed by atoms with Crippen molar-refractivity contribution < 1.29 is 4.79 Å². The van der Waals surface area contributed by atoms with Gasteiger partial charge in [-0.25, -0.2) is 0 Å². The fraction of sp³-hybridized carbons (Fsp3) is 0.500. The maximum Gasteiger partial charge on any atom is 0.143 e. The lowest BCUT2D eigenvalue weighted by Gasteiger charge is -2.18. The van der Waals surface area contributed by atoms with E-state index in [2.05, 4.69) is 18.7 Å². The second kappa shape index (κ2) is 2.07. The van der Waals surface area contributed by atoms with Crippen LogP contribution in [0, 0.1) is 11.3 Å². The first-order valence-corrected chi connectivity index (χ1v) is 4.10. The molecule has 58 valence electrons. The average molecular weight is 148 g/mol. The van der Waals surface area contributed by atoms with Crippen molar-refractivity contribution in [3.05, 3.63) is 24.8 Å². The average Bonchev–Trinajstić information content (AvgIpc) is 2.45. The molecule has 2 bridgehead atoms. The Hall–Kier alpha value is -0.850. The Balaban J connectivity index is 2.30. The second-order valence-corrected chi connectivity index (χ2v) is 3.60. The van der Waals surface area contributed by atoms with Gasteiger partial charge in [-0.05, 0) is 18.8 Å². The smallest absolute Gasteiger partial charge is 0.143 e. The number of rotatable bonds is 2. The van der Waals surface area contributed by atoms with Crippen molar-refractivity contribution in [3.63, 3.8) is 0 Å². The zero-order valence-corrected chi connectivity index (χ0v) is 6.55. The molecule has 0 amide bonds. The van der Waals surface area contributed by atoms with Crippen LogP contribution in [0.15, 0.2) is 24.8 Å². The highest BCUT2D eigenvalue weighted by molar-refractivity contribution is 5.91. The molecule has 0 aliphatic heterocycles. The summed E-state index contributed by atoms with van der Waals surface area (Å²) in [4.78, 5) is 11.4. The van der Waals surface area contributed by atoms with Gasteiger partial charge < -0.3 is 0 Å². The number of allylic oxidation sites excluding steroid dienone is 3. The van der Waals surface area contributed by atoms with E-state index in [0.29, 0.717) is 11.7 Å². The summed E-state index contributed by atoms with van der Waals surface area (Å²) in [6.45, 7) is 3.68. The summed E-state index contributed by atoms with van der Waals surface area (Å²) in [6.07, 6.45) is 8.77. The molecular weight excluding hydrogens is 136 g/mol. The third-order valence-corrected chi connectivity index (χ3v) is 2.83. The number of carbonyl (C=O) groups is 1. The Morgan fingerprint density at radius 2 is 2.64 bits per heavy atom. The number of hydrogen-bond donors (Lipinski definition) is 0. The standard InChI is InChI=1S/C10H12O/c1-2-4-10-5-3-8(7-10)6-9(10)11/h2-3,5,8H,1,4,6-7H2. The third-order valence-electron chi connectivity index (χ3n) is 2.83. The molecule has 0 N–H and O–H groups in total. The zero-order chi connectivity index (χ0) is 7.90. The van der Waals surface area contributed by atoms with E-state index in [1.807, 2.05) is 6.08 Å². The second-order valence-electron chi connectivity index (χ2n) is 3.60. The predicted molar refractivity (Wildman–Crippen MR) is 44.1 cm³/mol. The first-order valence-electron chi connectivity index (χ1n) is 4.10. The molecule has 0 heterocycles. The van der Waals surface area contributed by atoms with E-state index in [9.17, 15) is 4.79 Å². The van der Waals surface area contributed by atoms with Crippen LogP contribution >= 0.6 is 0 Å². The maximum atomic E-state index is 11.4. The molecular formula is C10H12O. The monoisotopic (exact) mass is 148 g/mol. The molecule has 1 fully saturated rings. The van der Waals surface area contributed by atoms with E-state index in [-0.39, 0.29) is 5.41 Å². The molecule has 2 aliphatic carbocycles. The SMILES string of the molecule is C=CCC12C=CC(CC1=O)C2. The molecule has 2 rings (SSSR count). The van der Waals surface area contributed by atoms with Crippen LogP contribution in [0.4, 0.5) is 0 Å². The number of fused-ring (bicyclic) bond motifs is 2. The fourth-order valence-electron chi connectivity index (χ4n) is 2.24. The van der Waals surface area contributed by atoms with Crippen LogP contribution in [-0.4, -0.2) is 5.78 Å². The highest BCUT2D eigenvalue weighted by Gasteiger charge is 2.46. The van der Waals surface area contributed by atoms with Crippen molar-refractivity contribution in [3.8, 4) is 0 Å². The lowest BCUT2D eigenvalue weighted by molar-refractivity contribution is -0.123. The van der Waals surface area contributed by atoms with Crippen molar-refractivity contribution in [2.75, 3.05) is 0 Å². The molecule has 0 aromatic heterocycles. The van der Waals surface area contributed by atoms with Gasteiger partial charge in [0.15, 0.2) is 0 Å². The Morgan fingerprint density at radius 1 is 1.82 bits per heavy atom. The molecule has 1 nitrogen and oxygen atoms in total. The van der Waals surface area contributed by atoms with Crippen LogP contribution in [0.2, 0.25) is 0 Å². The molecule has 2 atom stereocenters. The molecule has 2 aliphatic rings. The molecule has 0 saturated heterocycles. The molecule has 11 heavy (non-hydrogen) atoms. The summed E-state index contributed by atoms with van der Waals surface area (Å²) in [5, 5.41) is 0. The quantitative estimate of drug-likeness (QED) is 0.548. The van der Waals surface area contributed by atoms with Gasteiger partial charge in [0.25, 0.3) is 0 Å². The highest BCUT2D eigenvalue weighted by atomic mass is 16.1. The van der Waals surface area contributed by atoms with Crippen molar-refractivity contribution in [1.29, 1.82) is 0 Å². The van der Waals surface area contributed by atoms with E-state index in [1.165, 1.54) is 0 Å². The first-order chi connectivity index (χ1) is 5.27. The van der Waals surface area contributed by atoms with Gasteiger partial charge >= 0.3 is 0 Å². The molecule has 1 saturated carbocycles. The van der Waals surface area contributed by atoms with Crippen molar-refractivity contribution in [2.24, 2.45) is 11.3 Å². The van der Waals surface area contributed by atoms with Crippen LogP contribution in [0.1, 0.15) is 19.3 Å². The van der Waals surface area contributed by atoms with E-state index in [1.54, 1.807) is 0 Å².